The molecule has 2 heterocycles. The van der Waals surface area contributed by atoms with Crippen LogP contribution in [0.2, 0.25) is 0 Å². The molecule has 0 saturated carbocycles. The highest BCUT2D eigenvalue weighted by molar-refractivity contribution is 5.97. The van der Waals surface area contributed by atoms with Crippen LogP contribution in [0, 0.1) is 6.92 Å². The van der Waals surface area contributed by atoms with Gasteiger partial charge in [-0.2, -0.15) is 0 Å². The smallest absolute Gasteiger partial charge is 0.184 e. The van der Waals surface area contributed by atoms with Gasteiger partial charge < -0.3 is 9.13 Å². The number of fused-ring (bicyclic) bond motifs is 1. The molecule has 0 spiro atoms. The Balaban J connectivity index is 1.97. The molecule has 0 aliphatic rings. The lowest BCUT2D eigenvalue weighted by Crippen LogP contribution is -2.10. The van der Waals surface area contributed by atoms with Crippen molar-refractivity contribution in [3.63, 3.8) is 0 Å². The fraction of sp³-hybridized carbons (Fsp3) is 0.188. The number of hydrogen-bond donors (Lipinski definition) is 0. The average molecular weight is 252 g/mol. The molecule has 3 nitrogen and oxygen atoms in total. The summed E-state index contributed by atoms with van der Waals surface area (Å²) < 4.78 is 3.97. The number of nitrogens with zero attached hydrogens (tertiary/aromatic N) is 2. The summed E-state index contributed by atoms with van der Waals surface area (Å²) >= 11 is 0. The van der Waals surface area contributed by atoms with Crippen molar-refractivity contribution >= 4 is 16.7 Å². The number of carbonyl (C=O) groups excluding carboxylic acids is 1. The van der Waals surface area contributed by atoms with E-state index in [1.165, 1.54) is 5.39 Å². The van der Waals surface area contributed by atoms with Crippen molar-refractivity contribution in [2.75, 3.05) is 0 Å². The van der Waals surface area contributed by atoms with Crippen LogP contribution in [0.15, 0.2) is 48.8 Å². The Kier molecular flexibility index (Phi) is 2.75. The molecule has 0 aliphatic carbocycles. The van der Waals surface area contributed by atoms with Crippen molar-refractivity contribution in [3.8, 4) is 0 Å². The van der Waals surface area contributed by atoms with Crippen molar-refractivity contribution in [1.29, 1.82) is 0 Å². The van der Waals surface area contributed by atoms with E-state index in [9.17, 15) is 4.79 Å². The van der Waals surface area contributed by atoms with Gasteiger partial charge in [0.25, 0.3) is 0 Å². The van der Waals surface area contributed by atoms with Gasteiger partial charge in [-0.15, -0.1) is 0 Å². The van der Waals surface area contributed by atoms with E-state index in [4.69, 9.17) is 0 Å². The van der Waals surface area contributed by atoms with Gasteiger partial charge in [-0.25, -0.2) is 0 Å². The topological polar surface area (TPSA) is 26.9 Å². The Labute approximate surface area is 112 Å². The standard InChI is InChI=1S/C16H16N2O/c1-12-9-13-5-3-4-6-15(13)18(12)11-16(19)14-7-8-17(2)10-14/h3-10H,11H2,1-2H3. The molecular formula is C16H16N2O. The number of rotatable bonds is 3. The summed E-state index contributed by atoms with van der Waals surface area (Å²) in [5.41, 5.74) is 2.99. The predicted molar refractivity (Wildman–Crippen MR) is 76.4 cm³/mol. The molecular weight excluding hydrogens is 236 g/mol. The Hall–Kier alpha value is -2.29. The molecule has 0 saturated heterocycles. The molecule has 0 fully saturated rings. The van der Waals surface area contributed by atoms with Crippen LogP contribution in [0.1, 0.15) is 16.1 Å². The number of carbonyl (C=O) groups is 1. The van der Waals surface area contributed by atoms with Crippen molar-refractivity contribution < 1.29 is 4.79 Å². The predicted octanol–water partition coefficient (Wildman–Crippen LogP) is 3.17. The van der Waals surface area contributed by atoms with Gasteiger partial charge >= 0.3 is 0 Å². The SMILES string of the molecule is Cc1cc2ccccc2n1CC(=O)c1ccn(C)c1. The lowest BCUT2D eigenvalue weighted by Gasteiger charge is -2.06. The van der Waals surface area contributed by atoms with Gasteiger partial charge in [0, 0.05) is 36.2 Å². The zero-order chi connectivity index (χ0) is 13.4. The number of para-hydroxylation sites is 1. The largest absolute Gasteiger partial charge is 0.357 e. The lowest BCUT2D eigenvalue weighted by atomic mass is 10.2. The minimum Gasteiger partial charge on any atom is -0.357 e. The second-order valence-electron chi connectivity index (χ2n) is 4.92. The van der Waals surface area contributed by atoms with E-state index in [0.29, 0.717) is 6.54 Å². The first-order chi connectivity index (χ1) is 9.15. The zero-order valence-corrected chi connectivity index (χ0v) is 11.1. The first-order valence-corrected chi connectivity index (χ1v) is 6.35. The van der Waals surface area contributed by atoms with Gasteiger partial charge in [0.15, 0.2) is 5.78 Å². The third-order valence-corrected chi connectivity index (χ3v) is 3.47. The Morgan fingerprint density at radius 3 is 2.74 bits per heavy atom. The Morgan fingerprint density at radius 1 is 1.21 bits per heavy atom. The maximum atomic E-state index is 12.3. The summed E-state index contributed by atoms with van der Waals surface area (Å²) in [6.07, 6.45) is 3.76. The van der Waals surface area contributed by atoms with Gasteiger partial charge in [-0.3, -0.25) is 4.79 Å². The summed E-state index contributed by atoms with van der Waals surface area (Å²) in [7, 11) is 1.92. The Morgan fingerprint density at radius 2 is 2.00 bits per heavy atom. The summed E-state index contributed by atoms with van der Waals surface area (Å²) in [4.78, 5) is 12.3. The molecule has 0 bridgehead atoms. The molecule has 3 heteroatoms. The van der Waals surface area contributed by atoms with E-state index in [1.54, 1.807) is 0 Å². The van der Waals surface area contributed by atoms with Crippen molar-refractivity contribution in [2.45, 2.75) is 13.5 Å². The first kappa shape index (κ1) is 11.8. The molecule has 0 amide bonds. The van der Waals surface area contributed by atoms with Crippen LogP contribution in [0.5, 0.6) is 0 Å². The van der Waals surface area contributed by atoms with Gasteiger partial charge in [-0.1, -0.05) is 18.2 Å². The maximum absolute atomic E-state index is 12.3. The fourth-order valence-corrected chi connectivity index (χ4v) is 2.46. The minimum atomic E-state index is 0.144. The summed E-state index contributed by atoms with van der Waals surface area (Å²) in [6.45, 7) is 2.43. The minimum absolute atomic E-state index is 0.144. The normalized spacial score (nSPS) is 11.1. The third kappa shape index (κ3) is 2.08. The number of Topliss-reactive ketones (excluding diaryl/α,β-unsaturated/α-hetero) is 1. The third-order valence-electron chi connectivity index (χ3n) is 3.47. The van der Waals surface area contributed by atoms with E-state index >= 15 is 0 Å². The molecule has 0 atom stereocenters. The summed E-state index contributed by atoms with van der Waals surface area (Å²) in [5, 5.41) is 1.18. The monoisotopic (exact) mass is 252 g/mol. The molecule has 2 aromatic heterocycles. The maximum Gasteiger partial charge on any atom is 0.184 e. The van der Waals surface area contributed by atoms with Crippen LogP contribution in [-0.2, 0) is 13.6 Å². The van der Waals surface area contributed by atoms with Crippen LogP contribution >= 0.6 is 0 Å². The molecule has 1 aromatic carbocycles. The van der Waals surface area contributed by atoms with E-state index in [-0.39, 0.29) is 5.78 Å². The van der Waals surface area contributed by atoms with Crippen LogP contribution in [0.25, 0.3) is 10.9 Å². The molecule has 3 aromatic rings. The quantitative estimate of drug-likeness (QED) is 0.658. The van der Waals surface area contributed by atoms with Crippen molar-refractivity contribution in [1.82, 2.24) is 9.13 Å². The van der Waals surface area contributed by atoms with Crippen molar-refractivity contribution in [3.05, 3.63) is 60.0 Å². The van der Waals surface area contributed by atoms with E-state index in [0.717, 1.165) is 16.8 Å². The van der Waals surface area contributed by atoms with Crippen molar-refractivity contribution in [2.24, 2.45) is 7.05 Å². The highest BCUT2D eigenvalue weighted by Crippen LogP contribution is 2.19. The number of hydrogen-bond acceptors (Lipinski definition) is 1. The fourth-order valence-electron chi connectivity index (χ4n) is 2.46. The highest BCUT2D eigenvalue weighted by Gasteiger charge is 2.11. The number of ketones is 1. The second-order valence-corrected chi connectivity index (χ2v) is 4.92. The van der Waals surface area contributed by atoms with Gasteiger partial charge in [0.05, 0.1) is 6.54 Å². The van der Waals surface area contributed by atoms with E-state index < -0.39 is 0 Å². The van der Waals surface area contributed by atoms with Gasteiger partial charge in [0.2, 0.25) is 0 Å². The average Bonchev–Trinajstić information content (AvgIpc) is 2.95. The molecule has 0 N–H and O–H groups in total. The molecule has 19 heavy (non-hydrogen) atoms. The summed E-state index contributed by atoms with van der Waals surface area (Å²) in [5.74, 6) is 0.144. The van der Waals surface area contributed by atoms with Crippen LogP contribution < -0.4 is 0 Å². The number of benzene rings is 1. The first-order valence-electron chi connectivity index (χ1n) is 6.35. The van der Waals surface area contributed by atoms with E-state index in [2.05, 4.69) is 22.8 Å². The zero-order valence-electron chi connectivity index (χ0n) is 11.1. The van der Waals surface area contributed by atoms with Gasteiger partial charge in [0.1, 0.15) is 0 Å². The van der Waals surface area contributed by atoms with Crippen LogP contribution in [0.4, 0.5) is 0 Å². The van der Waals surface area contributed by atoms with Gasteiger partial charge in [-0.05, 0) is 30.5 Å². The summed E-state index contributed by atoms with van der Waals surface area (Å²) in [6, 6.07) is 12.1. The molecule has 3 rings (SSSR count). The Bertz CT molecular complexity index is 749. The molecule has 0 radical (unpaired) electrons. The van der Waals surface area contributed by atoms with Crippen LogP contribution in [-0.4, -0.2) is 14.9 Å². The second kappa shape index (κ2) is 4.43. The highest BCUT2D eigenvalue weighted by atomic mass is 16.1. The number of aryl methyl sites for hydroxylation is 2. The lowest BCUT2D eigenvalue weighted by molar-refractivity contribution is 0.0973. The molecule has 0 unspecified atom stereocenters. The number of aromatic nitrogens is 2. The molecule has 0 aliphatic heterocycles. The van der Waals surface area contributed by atoms with E-state index in [1.807, 2.05) is 49.1 Å². The molecule has 96 valence electrons. The van der Waals surface area contributed by atoms with Crippen LogP contribution in [0.3, 0.4) is 0 Å².